The summed E-state index contributed by atoms with van der Waals surface area (Å²) in [6.07, 6.45) is 15.5. The van der Waals surface area contributed by atoms with Crippen molar-refractivity contribution in [2.45, 2.75) is 68.6 Å². The van der Waals surface area contributed by atoms with E-state index < -0.39 is 60.4 Å². The molecule has 7 saturated carbocycles. The third kappa shape index (κ3) is 5.93. The number of aromatic nitrogens is 4. The van der Waals surface area contributed by atoms with Crippen LogP contribution in [0.1, 0.15) is 82.6 Å². The molecule has 5 heteroatoms. The van der Waals surface area contributed by atoms with Crippen molar-refractivity contribution < 1.29 is 23.0 Å². The zero-order chi connectivity index (χ0) is 53.3. The third-order valence-electron chi connectivity index (χ3n) is 16.7. The van der Waals surface area contributed by atoms with Crippen molar-refractivity contribution in [3.8, 4) is 50.9 Å². The van der Waals surface area contributed by atoms with Gasteiger partial charge in [-0.25, -0.2) is 4.98 Å². The zero-order valence-corrected chi connectivity index (χ0v) is 37.4. The van der Waals surface area contributed by atoms with Crippen LogP contribution in [-0.2, 0) is 10.8 Å². The first kappa shape index (κ1) is 30.2. The molecule has 7 aliphatic carbocycles. The van der Waals surface area contributed by atoms with E-state index in [1.807, 2.05) is 77.5 Å². The Kier molecular flexibility index (Phi) is 6.50. The Balaban J connectivity index is 0.917. The third-order valence-corrected chi connectivity index (χ3v) is 16.7. The summed E-state index contributed by atoms with van der Waals surface area (Å²) in [5.74, 6) is 4.45. The molecule has 10 aromatic rings. The van der Waals surface area contributed by atoms with Gasteiger partial charge in [0.2, 0.25) is 0 Å². The maximum absolute atomic E-state index is 9.49. The predicted octanol–water partition coefficient (Wildman–Crippen LogP) is 14.8. The van der Waals surface area contributed by atoms with Crippen LogP contribution in [0.15, 0.2) is 182 Å². The Morgan fingerprint density at radius 1 is 0.559 bits per heavy atom. The van der Waals surface area contributed by atoms with Gasteiger partial charge in [0.05, 0.1) is 47.1 Å². The fraction of sp³-hybridized carbons (Fsp3) is 0.238. The van der Waals surface area contributed by atoms with Gasteiger partial charge in [0.25, 0.3) is 6.33 Å². The first-order valence-corrected chi connectivity index (χ1v) is 24.2. The number of pyridine rings is 1. The average molecular weight is 891 g/mol. The van der Waals surface area contributed by atoms with Crippen LogP contribution in [-0.4, -0.2) is 14.1 Å². The largest absolute Gasteiger partial charge is 0.458 e. The highest BCUT2D eigenvalue weighted by Gasteiger charge is 2.57. The van der Waals surface area contributed by atoms with Crippen LogP contribution < -0.4 is 9.30 Å². The standard InChI is InChI=1S/C63H52N4O/c1-3-12-45(13-4-1)54-29-48(63-34-41-26-42(35-63)28-43(27-41)36-63)30-55(46-14-5-2-6-15-46)61(54)66-40-65(57-20-9-10-21-58(57)66)49-16-11-17-50(32-49)68-51-22-23-53-52-18-7-8-19-56(52)67(59(53)33-51)60-31-47(24-25-64-60)62-37-44(38-62)39-62/h1-25,29-33,41-44H,26-28,34-39H2/i1D,2D,3D,4D,5D,6D,12D,13D,14D,15D. The Morgan fingerprint density at radius 2 is 1.18 bits per heavy atom. The second-order valence-corrected chi connectivity index (χ2v) is 20.7. The second kappa shape index (κ2) is 14.6. The van der Waals surface area contributed by atoms with Gasteiger partial charge in [-0.2, -0.15) is 0 Å². The molecule has 7 aromatic carbocycles. The van der Waals surface area contributed by atoms with Gasteiger partial charge in [0.1, 0.15) is 17.3 Å². The lowest BCUT2D eigenvalue weighted by molar-refractivity contribution is -0.571. The Hall–Kier alpha value is -7.24. The van der Waals surface area contributed by atoms with Gasteiger partial charge in [-0.1, -0.05) is 121 Å². The molecular weight excluding hydrogens is 829 g/mol. The van der Waals surface area contributed by atoms with Gasteiger partial charge >= 0.3 is 0 Å². The van der Waals surface area contributed by atoms with Crippen LogP contribution >= 0.6 is 0 Å². The topological polar surface area (TPSA) is 35.9 Å². The van der Waals surface area contributed by atoms with E-state index in [4.69, 9.17) is 17.9 Å². The number of para-hydroxylation sites is 3. The molecule has 0 radical (unpaired) electrons. The lowest BCUT2D eigenvalue weighted by Crippen LogP contribution is -2.55. The summed E-state index contributed by atoms with van der Waals surface area (Å²) < 4.78 is 104. The molecule has 0 atom stereocenters. The normalized spacial score (nSPS) is 26.4. The summed E-state index contributed by atoms with van der Waals surface area (Å²) >= 11 is 0. The summed E-state index contributed by atoms with van der Waals surface area (Å²) in [6.45, 7) is 0. The van der Waals surface area contributed by atoms with Crippen LogP contribution in [0.25, 0.3) is 72.3 Å². The van der Waals surface area contributed by atoms with Gasteiger partial charge in [0, 0.05) is 23.0 Å². The van der Waals surface area contributed by atoms with Gasteiger partial charge in [-0.3, -0.25) is 13.7 Å². The van der Waals surface area contributed by atoms with Crippen LogP contribution in [0.4, 0.5) is 0 Å². The van der Waals surface area contributed by atoms with Crippen molar-refractivity contribution in [2.24, 2.45) is 23.7 Å². The number of imidazole rings is 1. The van der Waals surface area contributed by atoms with E-state index in [-0.39, 0.29) is 38.8 Å². The minimum absolute atomic E-state index is 0.0431. The molecule has 3 heterocycles. The van der Waals surface area contributed by atoms with Crippen molar-refractivity contribution in [3.05, 3.63) is 199 Å². The zero-order valence-electron chi connectivity index (χ0n) is 47.4. The fourth-order valence-corrected chi connectivity index (χ4v) is 14.0. The van der Waals surface area contributed by atoms with E-state index in [0.29, 0.717) is 46.0 Å². The van der Waals surface area contributed by atoms with Gasteiger partial charge in [-0.15, -0.1) is 0 Å². The van der Waals surface area contributed by atoms with Gasteiger partial charge in [0.15, 0.2) is 0 Å². The molecule has 0 unspecified atom stereocenters. The first-order valence-electron chi connectivity index (χ1n) is 29.2. The number of nitrogens with zero attached hydrogens (tertiary/aromatic N) is 4. The monoisotopic (exact) mass is 890 g/mol. The molecule has 0 N–H and O–H groups in total. The maximum Gasteiger partial charge on any atom is 0.269 e. The average Bonchev–Trinajstić information content (AvgIpc) is 4.06. The minimum Gasteiger partial charge on any atom is -0.458 e. The number of fused-ring (bicyclic) bond motifs is 4. The van der Waals surface area contributed by atoms with Gasteiger partial charge in [-0.05, 0) is 174 Å². The molecule has 0 amide bonds. The fourth-order valence-electron chi connectivity index (χ4n) is 14.0. The maximum atomic E-state index is 9.49. The summed E-state index contributed by atoms with van der Waals surface area (Å²) in [6, 6.07) is 33.6. The number of ether oxygens (including phenoxy) is 1. The van der Waals surface area contributed by atoms with Crippen LogP contribution in [0.2, 0.25) is 0 Å². The van der Waals surface area contributed by atoms with Crippen molar-refractivity contribution in [3.63, 3.8) is 0 Å². The molecular formula is C63H52N4O. The number of rotatable bonds is 9. The van der Waals surface area contributed by atoms with Crippen molar-refractivity contribution in [2.75, 3.05) is 0 Å². The molecule has 5 nitrogen and oxygen atoms in total. The smallest absolute Gasteiger partial charge is 0.269 e. The number of hydrogen-bond donors (Lipinski definition) is 0. The first-order chi connectivity index (χ1) is 37.7. The highest BCUT2D eigenvalue weighted by atomic mass is 16.5. The Bertz CT molecular complexity index is 4060. The molecule has 0 spiro atoms. The van der Waals surface area contributed by atoms with E-state index in [1.54, 1.807) is 4.57 Å². The van der Waals surface area contributed by atoms with Gasteiger partial charge < -0.3 is 4.74 Å². The molecule has 0 aliphatic heterocycles. The molecule has 7 fully saturated rings. The molecule has 7 aliphatic rings. The van der Waals surface area contributed by atoms with Crippen LogP contribution in [0.5, 0.6) is 11.5 Å². The lowest BCUT2D eigenvalue weighted by atomic mass is 9.42. The summed E-state index contributed by atoms with van der Waals surface area (Å²) in [7, 11) is 0. The summed E-state index contributed by atoms with van der Waals surface area (Å²) in [5.41, 5.74) is 6.97. The lowest BCUT2D eigenvalue weighted by Gasteiger charge is -2.62. The van der Waals surface area contributed by atoms with Crippen LogP contribution in [0.3, 0.4) is 0 Å². The highest BCUT2D eigenvalue weighted by Crippen LogP contribution is 2.65. The number of benzene rings is 7. The van der Waals surface area contributed by atoms with E-state index in [0.717, 1.165) is 77.6 Å². The van der Waals surface area contributed by atoms with E-state index >= 15 is 0 Å². The number of hydrogen-bond acceptors (Lipinski definition) is 2. The summed E-state index contributed by atoms with van der Waals surface area (Å²) in [5, 5.41) is 2.20. The highest BCUT2D eigenvalue weighted by molar-refractivity contribution is 6.09. The molecule has 68 heavy (non-hydrogen) atoms. The quantitative estimate of drug-likeness (QED) is 0.107. The van der Waals surface area contributed by atoms with Crippen molar-refractivity contribution in [1.29, 1.82) is 0 Å². The van der Waals surface area contributed by atoms with Crippen molar-refractivity contribution in [1.82, 2.24) is 14.1 Å². The second-order valence-electron chi connectivity index (χ2n) is 20.7. The molecule has 0 saturated heterocycles. The predicted molar refractivity (Wildman–Crippen MR) is 272 cm³/mol. The SMILES string of the molecule is [2H]c1c([2H])c([2H])c(-c2cc(C34CC5CC(CC(C5)C3)C4)cc(-c3c([2H])c([2H])c([2H])c([2H])c3[2H])c2-[n+]2[c-]n(-c3cccc(Oc4ccc5c6ccccc6n(-c6cc(C78CC(C7)C8)ccn6)c5c4)c3)c3ccccc32)c([2H])c1[2H]. The molecule has 3 aromatic heterocycles. The van der Waals surface area contributed by atoms with Crippen LogP contribution in [0, 0.1) is 30.0 Å². The Morgan fingerprint density at radius 3 is 1.87 bits per heavy atom. The van der Waals surface area contributed by atoms with E-state index in [2.05, 4.69) is 59.4 Å². The summed E-state index contributed by atoms with van der Waals surface area (Å²) in [4.78, 5) is 4.93. The molecule has 6 bridgehead atoms. The van der Waals surface area contributed by atoms with Crippen molar-refractivity contribution >= 4 is 32.8 Å². The molecule has 330 valence electrons. The Labute approximate surface area is 411 Å². The van der Waals surface area contributed by atoms with E-state index in [1.165, 1.54) is 24.8 Å². The molecule has 17 rings (SSSR count). The minimum atomic E-state index is -0.527. The van der Waals surface area contributed by atoms with E-state index in [9.17, 15) is 5.48 Å².